The Hall–Kier alpha value is -0.530. The average molecular weight is 173 g/mol. The molecule has 1 unspecified atom stereocenters. The molecule has 0 spiro atoms. The largest absolute Gasteiger partial charge is 0.213 e. The first kappa shape index (κ1) is 8.57. The summed E-state index contributed by atoms with van der Waals surface area (Å²) in [6.45, 7) is 0. The summed E-state index contributed by atoms with van der Waals surface area (Å²) in [5, 5.41) is 0. The summed E-state index contributed by atoms with van der Waals surface area (Å²) < 4.78 is 24.0. The van der Waals surface area contributed by atoms with E-state index in [0.29, 0.717) is 6.42 Å². The maximum absolute atomic E-state index is 10.7. The maximum atomic E-state index is 10.7. The van der Waals surface area contributed by atoms with E-state index in [1.54, 1.807) is 0 Å². The standard InChI is InChI=1S/C7H11NO2S/c1-11(9,10)8-7-5-3-2-4-6-7/h7-8H,3,5-6H2,1H3. The molecule has 0 saturated heterocycles. The highest BCUT2D eigenvalue weighted by Gasteiger charge is 2.13. The van der Waals surface area contributed by atoms with E-state index in [4.69, 9.17) is 0 Å². The van der Waals surface area contributed by atoms with E-state index in [1.807, 2.05) is 0 Å². The van der Waals surface area contributed by atoms with E-state index in [9.17, 15) is 8.42 Å². The van der Waals surface area contributed by atoms with Crippen LogP contribution in [0.15, 0.2) is 0 Å². The lowest BCUT2D eigenvalue weighted by Gasteiger charge is -2.15. The van der Waals surface area contributed by atoms with Crippen molar-refractivity contribution in [1.82, 2.24) is 4.72 Å². The highest BCUT2D eigenvalue weighted by atomic mass is 32.2. The quantitative estimate of drug-likeness (QED) is 0.602. The van der Waals surface area contributed by atoms with Gasteiger partial charge in [0.05, 0.1) is 6.26 Å². The number of hydrogen-bond acceptors (Lipinski definition) is 2. The van der Waals surface area contributed by atoms with Gasteiger partial charge in [-0.3, -0.25) is 0 Å². The lowest BCUT2D eigenvalue weighted by atomic mass is 10.1. The fourth-order valence-electron chi connectivity index (χ4n) is 1.04. The molecule has 0 bridgehead atoms. The Bertz CT molecular complexity index is 283. The second kappa shape index (κ2) is 3.24. The van der Waals surface area contributed by atoms with Gasteiger partial charge in [0.15, 0.2) is 0 Å². The van der Waals surface area contributed by atoms with E-state index in [2.05, 4.69) is 16.6 Å². The maximum Gasteiger partial charge on any atom is 0.208 e. The van der Waals surface area contributed by atoms with Crippen LogP contribution in [0.1, 0.15) is 19.3 Å². The van der Waals surface area contributed by atoms with E-state index < -0.39 is 10.0 Å². The first-order valence-electron chi connectivity index (χ1n) is 3.51. The first-order valence-corrected chi connectivity index (χ1v) is 5.40. The van der Waals surface area contributed by atoms with Gasteiger partial charge in [-0.1, -0.05) is 0 Å². The van der Waals surface area contributed by atoms with Crippen LogP contribution >= 0.6 is 0 Å². The third-order valence-electron chi connectivity index (χ3n) is 1.47. The number of sulfonamides is 1. The van der Waals surface area contributed by atoms with Crippen molar-refractivity contribution >= 4 is 10.0 Å². The molecular formula is C7H11NO2S. The summed E-state index contributed by atoms with van der Waals surface area (Å²) in [6.07, 6.45) is 3.45. The normalized spacial score (nSPS) is 23.9. The molecular weight excluding hydrogens is 162 g/mol. The van der Waals surface area contributed by atoms with Gasteiger partial charge in [-0.05, 0) is 6.42 Å². The van der Waals surface area contributed by atoms with Crippen LogP contribution in [0.25, 0.3) is 0 Å². The van der Waals surface area contributed by atoms with Gasteiger partial charge in [-0.2, -0.15) is 0 Å². The molecule has 11 heavy (non-hydrogen) atoms. The molecule has 1 N–H and O–H groups in total. The van der Waals surface area contributed by atoms with Gasteiger partial charge < -0.3 is 0 Å². The Morgan fingerprint density at radius 2 is 2.18 bits per heavy atom. The minimum Gasteiger partial charge on any atom is -0.213 e. The Morgan fingerprint density at radius 3 is 2.64 bits per heavy atom. The molecule has 1 aliphatic rings. The molecule has 3 nitrogen and oxygen atoms in total. The van der Waals surface area contributed by atoms with Crippen molar-refractivity contribution in [2.24, 2.45) is 0 Å². The molecule has 0 heterocycles. The third kappa shape index (κ3) is 3.40. The van der Waals surface area contributed by atoms with Crippen LogP contribution in [0.4, 0.5) is 0 Å². The van der Waals surface area contributed by atoms with Crippen LogP contribution in [-0.4, -0.2) is 20.7 Å². The number of rotatable bonds is 2. The molecule has 0 saturated carbocycles. The Labute approximate surface area is 67.2 Å². The topological polar surface area (TPSA) is 46.2 Å². The monoisotopic (exact) mass is 173 g/mol. The Balaban J connectivity index is 2.47. The molecule has 0 aliphatic heterocycles. The first-order chi connectivity index (χ1) is 5.08. The summed E-state index contributed by atoms with van der Waals surface area (Å²) in [6, 6.07) is 0.0336. The van der Waals surface area contributed by atoms with Crippen molar-refractivity contribution in [3.8, 4) is 11.8 Å². The third-order valence-corrected chi connectivity index (χ3v) is 2.23. The van der Waals surface area contributed by atoms with Crippen molar-refractivity contribution in [1.29, 1.82) is 0 Å². The predicted octanol–water partition coefficient (Wildman–Crippen LogP) is 0.0915. The zero-order valence-corrected chi connectivity index (χ0v) is 7.24. The minimum absolute atomic E-state index is 0.0336. The smallest absolute Gasteiger partial charge is 0.208 e. The minimum atomic E-state index is -3.04. The fraction of sp³-hybridized carbons (Fsp3) is 0.714. The molecule has 1 atom stereocenters. The molecule has 0 radical (unpaired) electrons. The van der Waals surface area contributed by atoms with Crippen LogP contribution in [0.3, 0.4) is 0 Å². The van der Waals surface area contributed by atoms with Crippen LogP contribution in [0.2, 0.25) is 0 Å². The SMILES string of the molecule is CS(=O)(=O)NC1CC#CCC1. The Morgan fingerprint density at radius 1 is 1.45 bits per heavy atom. The summed E-state index contributed by atoms with van der Waals surface area (Å²) in [7, 11) is -3.04. The molecule has 0 aromatic carbocycles. The molecule has 4 heteroatoms. The highest BCUT2D eigenvalue weighted by molar-refractivity contribution is 7.88. The molecule has 62 valence electrons. The van der Waals surface area contributed by atoms with Gasteiger partial charge in [0.2, 0.25) is 10.0 Å². The van der Waals surface area contributed by atoms with E-state index >= 15 is 0 Å². The fourth-order valence-corrected chi connectivity index (χ4v) is 1.84. The number of nitrogens with one attached hydrogen (secondary N) is 1. The van der Waals surface area contributed by atoms with Crippen molar-refractivity contribution in [3.63, 3.8) is 0 Å². The van der Waals surface area contributed by atoms with Crippen molar-refractivity contribution < 1.29 is 8.42 Å². The second-order valence-corrected chi connectivity index (χ2v) is 4.46. The second-order valence-electron chi connectivity index (χ2n) is 2.68. The Kier molecular flexibility index (Phi) is 2.53. The summed E-state index contributed by atoms with van der Waals surface area (Å²) >= 11 is 0. The zero-order valence-electron chi connectivity index (χ0n) is 6.42. The summed E-state index contributed by atoms with van der Waals surface area (Å²) in [4.78, 5) is 0. The van der Waals surface area contributed by atoms with Crippen LogP contribution < -0.4 is 4.72 Å². The van der Waals surface area contributed by atoms with E-state index in [-0.39, 0.29) is 6.04 Å². The van der Waals surface area contributed by atoms with Crippen LogP contribution in [0.5, 0.6) is 0 Å². The molecule has 0 amide bonds. The number of hydrogen-bond donors (Lipinski definition) is 1. The molecule has 0 aromatic heterocycles. The van der Waals surface area contributed by atoms with Gasteiger partial charge in [0.25, 0.3) is 0 Å². The lowest BCUT2D eigenvalue weighted by Crippen LogP contribution is -2.34. The summed E-state index contributed by atoms with van der Waals surface area (Å²) in [5.41, 5.74) is 0. The van der Waals surface area contributed by atoms with E-state index in [1.165, 1.54) is 6.26 Å². The van der Waals surface area contributed by atoms with Gasteiger partial charge >= 0.3 is 0 Å². The van der Waals surface area contributed by atoms with Gasteiger partial charge in [-0.15, -0.1) is 11.8 Å². The van der Waals surface area contributed by atoms with Gasteiger partial charge in [0, 0.05) is 18.9 Å². The van der Waals surface area contributed by atoms with E-state index in [0.717, 1.165) is 12.8 Å². The van der Waals surface area contributed by atoms with Crippen LogP contribution in [0, 0.1) is 11.8 Å². The van der Waals surface area contributed by atoms with Gasteiger partial charge in [-0.25, -0.2) is 13.1 Å². The lowest BCUT2D eigenvalue weighted by molar-refractivity contribution is 0.536. The molecule has 1 rings (SSSR count). The molecule has 0 aromatic rings. The van der Waals surface area contributed by atoms with Crippen molar-refractivity contribution in [3.05, 3.63) is 0 Å². The zero-order chi connectivity index (χ0) is 8.32. The van der Waals surface area contributed by atoms with Gasteiger partial charge in [0.1, 0.15) is 0 Å². The van der Waals surface area contributed by atoms with Crippen molar-refractivity contribution in [2.45, 2.75) is 25.3 Å². The molecule has 1 aliphatic carbocycles. The summed E-state index contributed by atoms with van der Waals surface area (Å²) in [5.74, 6) is 5.80. The van der Waals surface area contributed by atoms with Crippen molar-refractivity contribution in [2.75, 3.05) is 6.26 Å². The highest BCUT2D eigenvalue weighted by Crippen LogP contribution is 2.06. The average Bonchev–Trinajstić information content (AvgIpc) is 1.85. The molecule has 0 fully saturated rings. The van der Waals surface area contributed by atoms with Crippen LogP contribution in [-0.2, 0) is 10.0 Å². The predicted molar refractivity (Wildman–Crippen MR) is 43.4 cm³/mol.